The van der Waals surface area contributed by atoms with Crippen molar-refractivity contribution in [2.75, 3.05) is 0 Å². The van der Waals surface area contributed by atoms with Crippen molar-refractivity contribution in [3.05, 3.63) is 30.0 Å². The first-order valence-electron chi connectivity index (χ1n) is 4.16. The molecule has 0 aliphatic heterocycles. The summed E-state index contributed by atoms with van der Waals surface area (Å²) in [6.07, 6.45) is 1.96. The molecule has 0 saturated heterocycles. The number of aryl methyl sites for hydroxylation is 1. The maximum atomic E-state index is 9.10. The second kappa shape index (κ2) is 2.93. The summed E-state index contributed by atoms with van der Waals surface area (Å²) >= 11 is 0. The van der Waals surface area contributed by atoms with Crippen molar-refractivity contribution in [2.45, 2.75) is 6.61 Å². The van der Waals surface area contributed by atoms with Gasteiger partial charge in [-0.25, -0.2) is 0 Å². The van der Waals surface area contributed by atoms with Crippen LogP contribution in [0.25, 0.3) is 10.9 Å². The summed E-state index contributed by atoms with van der Waals surface area (Å²) < 4.78 is 1.99. The van der Waals surface area contributed by atoms with E-state index in [0.29, 0.717) is 5.46 Å². The van der Waals surface area contributed by atoms with Crippen LogP contribution >= 0.6 is 0 Å². The third-order valence-corrected chi connectivity index (χ3v) is 2.28. The summed E-state index contributed by atoms with van der Waals surface area (Å²) in [6.45, 7) is 0.0333. The highest BCUT2D eigenvalue weighted by Gasteiger charge is 2.03. The predicted octanol–water partition coefficient (Wildman–Crippen LogP) is 0.464. The Morgan fingerprint density at radius 1 is 1.46 bits per heavy atom. The van der Waals surface area contributed by atoms with Crippen LogP contribution in [0.5, 0.6) is 0 Å². The molecule has 0 bridgehead atoms. The Labute approximate surface area is 78.2 Å². The topological polar surface area (TPSA) is 25.2 Å². The highest BCUT2D eigenvalue weighted by Crippen LogP contribution is 2.17. The molecule has 1 heterocycles. The van der Waals surface area contributed by atoms with Gasteiger partial charge in [0.05, 0.1) is 6.61 Å². The van der Waals surface area contributed by atoms with Crippen molar-refractivity contribution < 1.29 is 5.11 Å². The Bertz CT molecular complexity index is 447. The monoisotopic (exact) mass is 171 g/mol. The third-order valence-electron chi connectivity index (χ3n) is 2.28. The molecule has 0 amide bonds. The van der Waals surface area contributed by atoms with E-state index < -0.39 is 0 Å². The summed E-state index contributed by atoms with van der Waals surface area (Å²) in [5.74, 6) is 0. The molecule has 0 fully saturated rings. The standard InChI is InChI=1S/C10H10BNO/c1-12-3-2-9-7(6-13)4-8(11)5-10(9)12/h2-5,13H,6H2,1H3. The van der Waals surface area contributed by atoms with E-state index in [1.807, 2.05) is 36.0 Å². The van der Waals surface area contributed by atoms with E-state index in [9.17, 15) is 0 Å². The molecule has 2 aromatic rings. The lowest BCUT2D eigenvalue weighted by atomic mass is 9.93. The zero-order valence-corrected chi connectivity index (χ0v) is 7.49. The minimum absolute atomic E-state index is 0.0333. The van der Waals surface area contributed by atoms with Gasteiger partial charge in [0, 0.05) is 24.1 Å². The van der Waals surface area contributed by atoms with Gasteiger partial charge in [0.2, 0.25) is 0 Å². The van der Waals surface area contributed by atoms with E-state index in [1.165, 1.54) is 0 Å². The molecule has 1 aromatic heterocycles. The highest BCUT2D eigenvalue weighted by molar-refractivity contribution is 6.33. The first-order valence-corrected chi connectivity index (χ1v) is 4.16. The molecule has 0 spiro atoms. The maximum Gasteiger partial charge on any atom is 0.113 e. The largest absolute Gasteiger partial charge is 0.392 e. The average molecular weight is 171 g/mol. The minimum atomic E-state index is 0.0333. The zero-order chi connectivity index (χ0) is 9.42. The van der Waals surface area contributed by atoms with Crippen LogP contribution in [0.2, 0.25) is 0 Å². The van der Waals surface area contributed by atoms with E-state index in [1.54, 1.807) is 0 Å². The van der Waals surface area contributed by atoms with Crippen molar-refractivity contribution >= 4 is 24.2 Å². The van der Waals surface area contributed by atoms with Crippen molar-refractivity contribution in [1.82, 2.24) is 4.57 Å². The van der Waals surface area contributed by atoms with Crippen LogP contribution < -0.4 is 5.46 Å². The third kappa shape index (κ3) is 1.25. The summed E-state index contributed by atoms with van der Waals surface area (Å²) in [7, 11) is 7.67. The molecule has 1 aromatic carbocycles. The van der Waals surface area contributed by atoms with Gasteiger partial charge in [-0.2, -0.15) is 0 Å². The van der Waals surface area contributed by atoms with Gasteiger partial charge >= 0.3 is 0 Å². The van der Waals surface area contributed by atoms with Gasteiger partial charge in [0.15, 0.2) is 0 Å². The molecule has 64 valence electrons. The molecule has 0 aliphatic rings. The lowest BCUT2D eigenvalue weighted by Gasteiger charge is -2.03. The molecule has 2 nitrogen and oxygen atoms in total. The van der Waals surface area contributed by atoms with E-state index in [2.05, 4.69) is 0 Å². The van der Waals surface area contributed by atoms with E-state index in [4.69, 9.17) is 13.0 Å². The summed E-state index contributed by atoms with van der Waals surface area (Å²) in [5, 5.41) is 10.2. The number of aliphatic hydroxyl groups is 1. The van der Waals surface area contributed by atoms with Gasteiger partial charge < -0.3 is 9.67 Å². The molecule has 0 aliphatic carbocycles. The van der Waals surface area contributed by atoms with E-state index in [0.717, 1.165) is 16.5 Å². The lowest BCUT2D eigenvalue weighted by molar-refractivity contribution is 0.283. The van der Waals surface area contributed by atoms with Crippen LogP contribution in [0, 0.1) is 0 Å². The first-order chi connectivity index (χ1) is 6.22. The maximum absolute atomic E-state index is 9.10. The number of aromatic nitrogens is 1. The van der Waals surface area contributed by atoms with Crippen molar-refractivity contribution in [1.29, 1.82) is 0 Å². The molecule has 0 atom stereocenters. The Morgan fingerprint density at radius 3 is 2.92 bits per heavy atom. The fraction of sp³-hybridized carbons (Fsp3) is 0.200. The molecule has 3 heteroatoms. The molecule has 1 N–H and O–H groups in total. The molecule has 13 heavy (non-hydrogen) atoms. The molecule has 2 rings (SSSR count). The normalized spacial score (nSPS) is 10.9. The fourth-order valence-corrected chi connectivity index (χ4v) is 1.60. The highest BCUT2D eigenvalue weighted by atomic mass is 16.3. The summed E-state index contributed by atoms with van der Waals surface area (Å²) in [6, 6.07) is 5.71. The van der Waals surface area contributed by atoms with Gasteiger partial charge in [-0.15, -0.1) is 0 Å². The predicted molar refractivity (Wildman–Crippen MR) is 54.2 cm³/mol. The first kappa shape index (κ1) is 8.39. The van der Waals surface area contributed by atoms with E-state index in [-0.39, 0.29) is 6.61 Å². The van der Waals surface area contributed by atoms with Gasteiger partial charge in [0.25, 0.3) is 0 Å². The van der Waals surface area contributed by atoms with Gasteiger partial charge in [0.1, 0.15) is 7.85 Å². The zero-order valence-electron chi connectivity index (χ0n) is 7.49. The van der Waals surface area contributed by atoms with Crippen molar-refractivity contribution in [3.8, 4) is 0 Å². The number of rotatable bonds is 1. The van der Waals surface area contributed by atoms with Gasteiger partial charge in [-0.3, -0.25) is 0 Å². The Kier molecular flexibility index (Phi) is 1.89. The van der Waals surface area contributed by atoms with Crippen LogP contribution in [-0.2, 0) is 13.7 Å². The van der Waals surface area contributed by atoms with Crippen LogP contribution in [-0.4, -0.2) is 17.5 Å². The van der Waals surface area contributed by atoms with Gasteiger partial charge in [-0.1, -0.05) is 11.5 Å². The number of hydrogen-bond donors (Lipinski definition) is 1. The molecular weight excluding hydrogens is 161 g/mol. The average Bonchev–Trinajstić information content (AvgIpc) is 2.47. The smallest absolute Gasteiger partial charge is 0.113 e. The quantitative estimate of drug-likeness (QED) is 0.619. The second-order valence-electron chi connectivity index (χ2n) is 3.20. The van der Waals surface area contributed by atoms with Crippen molar-refractivity contribution in [3.63, 3.8) is 0 Å². The summed E-state index contributed by atoms with van der Waals surface area (Å²) in [4.78, 5) is 0. The van der Waals surface area contributed by atoms with Crippen LogP contribution in [0.1, 0.15) is 5.56 Å². The Hall–Kier alpha value is -1.22. The van der Waals surface area contributed by atoms with Crippen LogP contribution in [0.3, 0.4) is 0 Å². The number of aliphatic hydroxyl groups excluding tert-OH is 1. The SMILES string of the molecule is [B]c1cc(CO)c2ccn(C)c2c1. The molecule has 0 unspecified atom stereocenters. The van der Waals surface area contributed by atoms with E-state index >= 15 is 0 Å². The Balaban J connectivity index is 2.84. The molecule has 2 radical (unpaired) electrons. The molecule has 0 saturated carbocycles. The number of fused-ring (bicyclic) bond motifs is 1. The number of nitrogens with zero attached hydrogens (tertiary/aromatic N) is 1. The van der Waals surface area contributed by atoms with Crippen molar-refractivity contribution in [2.24, 2.45) is 7.05 Å². The number of hydrogen-bond acceptors (Lipinski definition) is 1. The van der Waals surface area contributed by atoms with Crippen LogP contribution in [0.4, 0.5) is 0 Å². The molecular formula is C10H10BNO. The Morgan fingerprint density at radius 2 is 2.23 bits per heavy atom. The lowest BCUT2D eigenvalue weighted by Crippen LogP contribution is -2.04. The second-order valence-corrected chi connectivity index (χ2v) is 3.20. The summed E-state index contributed by atoms with van der Waals surface area (Å²) in [5.41, 5.74) is 2.64. The minimum Gasteiger partial charge on any atom is -0.392 e. The van der Waals surface area contributed by atoms with Gasteiger partial charge in [-0.05, 0) is 17.7 Å². The van der Waals surface area contributed by atoms with Crippen LogP contribution in [0.15, 0.2) is 24.4 Å². The fourth-order valence-electron chi connectivity index (χ4n) is 1.60. The number of benzene rings is 1.